The summed E-state index contributed by atoms with van der Waals surface area (Å²) < 4.78 is 51.0. The van der Waals surface area contributed by atoms with Gasteiger partial charge in [0.2, 0.25) is 5.91 Å². The molecule has 0 saturated carbocycles. The average Bonchev–Trinajstić information content (AvgIpc) is 2.70. The number of fused-ring (bicyclic) bond motifs is 1. The van der Waals surface area contributed by atoms with Gasteiger partial charge in [-0.25, -0.2) is 0 Å². The molecule has 2 aromatic rings. The van der Waals surface area contributed by atoms with Gasteiger partial charge in [-0.2, -0.15) is 0 Å². The van der Waals surface area contributed by atoms with E-state index in [-0.39, 0.29) is 36.8 Å². The van der Waals surface area contributed by atoms with Crippen LogP contribution in [0.25, 0.3) is 0 Å². The lowest BCUT2D eigenvalue weighted by Gasteiger charge is -2.18. The second kappa shape index (κ2) is 8.85. The van der Waals surface area contributed by atoms with E-state index in [0.717, 1.165) is 0 Å². The summed E-state index contributed by atoms with van der Waals surface area (Å²) in [6.07, 6.45) is -4.74. The Morgan fingerprint density at radius 3 is 2.34 bits per heavy atom. The molecule has 9 heteroatoms. The van der Waals surface area contributed by atoms with Gasteiger partial charge in [0.25, 0.3) is 0 Å². The second-order valence-electron chi connectivity index (χ2n) is 6.25. The van der Waals surface area contributed by atoms with E-state index in [2.05, 4.69) is 10.1 Å². The zero-order chi connectivity index (χ0) is 20.9. The van der Waals surface area contributed by atoms with Crippen molar-refractivity contribution < 1.29 is 37.0 Å². The number of alkyl halides is 3. The predicted molar refractivity (Wildman–Crippen MR) is 96.0 cm³/mol. The van der Waals surface area contributed by atoms with Gasteiger partial charge >= 0.3 is 6.36 Å². The third-order valence-electron chi connectivity index (χ3n) is 4.09. The van der Waals surface area contributed by atoms with Crippen molar-refractivity contribution in [3.05, 3.63) is 53.6 Å². The highest BCUT2D eigenvalue weighted by molar-refractivity contribution is 5.98. The van der Waals surface area contributed by atoms with Crippen molar-refractivity contribution in [3.8, 4) is 17.2 Å². The van der Waals surface area contributed by atoms with Crippen LogP contribution in [0.3, 0.4) is 0 Å². The van der Waals surface area contributed by atoms with Crippen molar-refractivity contribution in [2.24, 2.45) is 0 Å². The molecule has 154 valence electrons. The summed E-state index contributed by atoms with van der Waals surface area (Å²) in [7, 11) is 0. The van der Waals surface area contributed by atoms with E-state index in [0.29, 0.717) is 35.8 Å². The van der Waals surface area contributed by atoms with Crippen molar-refractivity contribution in [1.29, 1.82) is 0 Å². The molecule has 0 unspecified atom stereocenters. The summed E-state index contributed by atoms with van der Waals surface area (Å²) in [6, 6.07) is 10.1. The first kappa shape index (κ1) is 20.5. The minimum atomic E-state index is -4.75. The zero-order valence-corrected chi connectivity index (χ0v) is 15.3. The van der Waals surface area contributed by atoms with Gasteiger partial charge in [-0.3, -0.25) is 9.59 Å². The van der Waals surface area contributed by atoms with Crippen molar-refractivity contribution in [1.82, 2.24) is 5.32 Å². The Labute approximate surface area is 164 Å². The number of halogens is 3. The van der Waals surface area contributed by atoms with E-state index in [1.165, 1.54) is 24.3 Å². The molecule has 0 bridgehead atoms. The molecule has 1 aliphatic rings. The van der Waals surface area contributed by atoms with Crippen molar-refractivity contribution in [2.75, 3.05) is 13.2 Å². The molecule has 1 aliphatic heterocycles. The Kier molecular flexibility index (Phi) is 6.26. The number of rotatable bonds is 7. The molecule has 0 saturated heterocycles. The summed E-state index contributed by atoms with van der Waals surface area (Å²) in [4.78, 5) is 24.2. The third-order valence-corrected chi connectivity index (χ3v) is 4.09. The molecule has 0 atom stereocenters. The Morgan fingerprint density at radius 2 is 1.66 bits per heavy atom. The molecule has 6 nitrogen and oxygen atoms in total. The van der Waals surface area contributed by atoms with Crippen LogP contribution < -0.4 is 19.5 Å². The zero-order valence-electron chi connectivity index (χ0n) is 15.3. The van der Waals surface area contributed by atoms with Gasteiger partial charge in [0.15, 0.2) is 17.3 Å². The highest BCUT2D eigenvalue weighted by atomic mass is 19.4. The molecule has 0 spiro atoms. The Balaban J connectivity index is 1.44. The summed E-state index contributed by atoms with van der Waals surface area (Å²) in [5, 5.41) is 2.62. The maximum atomic E-state index is 12.3. The standard InChI is InChI=1S/C20H18F3NO5/c21-20(22,23)29-15-4-1-13(2-5-15)12-24-19(26)8-6-16(25)14-3-7-17-18(11-14)28-10-9-27-17/h1-5,7,11H,6,8-10,12H2,(H,24,26). The minimum Gasteiger partial charge on any atom is -0.486 e. The van der Waals surface area contributed by atoms with Gasteiger partial charge in [0.05, 0.1) is 0 Å². The van der Waals surface area contributed by atoms with Crippen LogP contribution in [0.4, 0.5) is 13.2 Å². The summed E-state index contributed by atoms with van der Waals surface area (Å²) in [5.74, 6) is 0.205. The highest BCUT2D eigenvalue weighted by Gasteiger charge is 2.30. The monoisotopic (exact) mass is 409 g/mol. The van der Waals surface area contributed by atoms with E-state index in [9.17, 15) is 22.8 Å². The van der Waals surface area contributed by atoms with Crippen molar-refractivity contribution in [3.63, 3.8) is 0 Å². The largest absolute Gasteiger partial charge is 0.573 e. The molecule has 3 rings (SSSR count). The van der Waals surface area contributed by atoms with E-state index >= 15 is 0 Å². The van der Waals surface area contributed by atoms with Crippen LogP contribution in [0.15, 0.2) is 42.5 Å². The first-order valence-electron chi connectivity index (χ1n) is 8.84. The molecule has 0 radical (unpaired) electrons. The Hall–Kier alpha value is -3.23. The van der Waals surface area contributed by atoms with Gasteiger partial charge < -0.3 is 19.5 Å². The van der Waals surface area contributed by atoms with Gasteiger partial charge in [0.1, 0.15) is 19.0 Å². The van der Waals surface area contributed by atoms with E-state index in [4.69, 9.17) is 9.47 Å². The van der Waals surface area contributed by atoms with Crippen molar-refractivity contribution in [2.45, 2.75) is 25.7 Å². The van der Waals surface area contributed by atoms with Crippen LogP contribution in [0.2, 0.25) is 0 Å². The van der Waals surface area contributed by atoms with Crippen LogP contribution in [-0.2, 0) is 11.3 Å². The normalized spacial score (nSPS) is 12.9. The van der Waals surface area contributed by atoms with Gasteiger partial charge in [0, 0.05) is 24.9 Å². The second-order valence-corrected chi connectivity index (χ2v) is 6.25. The maximum Gasteiger partial charge on any atom is 0.573 e. The number of amides is 1. The van der Waals surface area contributed by atoms with Gasteiger partial charge in [-0.05, 0) is 35.9 Å². The third kappa shape index (κ3) is 6.13. The van der Waals surface area contributed by atoms with Gasteiger partial charge in [-0.15, -0.1) is 13.2 Å². The molecule has 2 aromatic carbocycles. The first-order valence-corrected chi connectivity index (χ1v) is 8.84. The molecule has 1 amide bonds. The number of nitrogens with one attached hydrogen (secondary N) is 1. The Morgan fingerprint density at radius 1 is 0.966 bits per heavy atom. The fraction of sp³-hybridized carbons (Fsp3) is 0.300. The topological polar surface area (TPSA) is 73.9 Å². The molecule has 1 N–H and O–H groups in total. The lowest BCUT2D eigenvalue weighted by atomic mass is 10.1. The quantitative estimate of drug-likeness (QED) is 0.707. The lowest BCUT2D eigenvalue weighted by Crippen LogP contribution is -2.23. The summed E-state index contributed by atoms with van der Waals surface area (Å²) in [6.45, 7) is 0.998. The number of ketones is 1. The lowest BCUT2D eigenvalue weighted by molar-refractivity contribution is -0.274. The number of hydrogen-bond donors (Lipinski definition) is 1. The van der Waals surface area contributed by atoms with Crippen LogP contribution in [0, 0.1) is 0 Å². The number of carbonyl (C=O) groups is 2. The molecular formula is C20H18F3NO5. The minimum absolute atomic E-state index is 0.0114. The number of ether oxygens (including phenoxy) is 3. The van der Waals surface area contributed by atoms with Crippen molar-refractivity contribution >= 4 is 11.7 Å². The molecule has 0 aromatic heterocycles. The molecule has 29 heavy (non-hydrogen) atoms. The van der Waals surface area contributed by atoms with Crippen LogP contribution in [-0.4, -0.2) is 31.3 Å². The number of Topliss-reactive ketones (excluding diaryl/α,β-unsaturated/α-hetero) is 1. The van der Waals surface area contributed by atoms with E-state index in [1.54, 1.807) is 18.2 Å². The number of hydrogen-bond acceptors (Lipinski definition) is 5. The highest BCUT2D eigenvalue weighted by Crippen LogP contribution is 2.31. The molecular weight excluding hydrogens is 391 g/mol. The first-order chi connectivity index (χ1) is 13.8. The Bertz CT molecular complexity index is 881. The maximum absolute atomic E-state index is 12.3. The molecule has 0 aliphatic carbocycles. The van der Waals surface area contributed by atoms with Crippen LogP contribution >= 0.6 is 0 Å². The SMILES string of the molecule is O=C(CCC(=O)c1ccc2c(c1)OCCO2)NCc1ccc(OC(F)(F)F)cc1. The summed E-state index contributed by atoms with van der Waals surface area (Å²) in [5.41, 5.74) is 1.04. The summed E-state index contributed by atoms with van der Waals surface area (Å²) >= 11 is 0. The predicted octanol–water partition coefficient (Wildman–Crippen LogP) is 3.64. The van der Waals surface area contributed by atoms with E-state index in [1.807, 2.05) is 0 Å². The van der Waals surface area contributed by atoms with Crippen LogP contribution in [0.1, 0.15) is 28.8 Å². The van der Waals surface area contributed by atoms with Gasteiger partial charge in [-0.1, -0.05) is 12.1 Å². The smallest absolute Gasteiger partial charge is 0.486 e. The van der Waals surface area contributed by atoms with E-state index < -0.39 is 6.36 Å². The average molecular weight is 409 g/mol. The fourth-order valence-electron chi connectivity index (χ4n) is 2.69. The fourth-order valence-corrected chi connectivity index (χ4v) is 2.69. The van der Waals surface area contributed by atoms with Crippen LogP contribution in [0.5, 0.6) is 17.2 Å². The number of benzene rings is 2. The molecule has 1 heterocycles. The molecule has 0 fully saturated rings. The number of carbonyl (C=O) groups excluding carboxylic acids is 2.